The van der Waals surface area contributed by atoms with E-state index < -0.39 is 17.7 Å². The Hall–Kier alpha value is -3.69. The Kier molecular flexibility index (Phi) is 8.28. The second-order valence-electron chi connectivity index (χ2n) is 10.8. The summed E-state index contributed by atoms with van der Waals surface area (Å²) in [4.78, 5) is 46.2. The van der Waals surface area contributed by atoms with E-state index in [-0.39, 0.29) is 35.9 Å². The highest BCUT2D eigenvalue weighted by Gasteiger charge is 2.41. The van der Waals surface area contributed by atoms with Crippen molar-refractivity contribution < 1.29 is 23.5 Å². The summed E-state index contributed by atoms with van der Waals surface area (Å²) in [5.74, 6) is -0.505. The van der Waals surface area contributed by atoms with Crippen molar-refractivity contribution in [3.8, 4) is 5.75 Å². The lowest BCUT2D eigenvalue weighted by atomic mass is 9.82. The van der Waals surface area contributed by atoms with Crippen molar-refractivity contribution >= 4 is 28.5 Å². The highest BCUT2D eigenvalue weighted by Crippen LogP contribution is 2.32. The SMILES string of the molecule is COc1ccc2c(C(=O)C(=O)N(Cc3nnc(C)o3)[C@@H](C(=O)NC3CCCCC3)C3CCCCC3)c[nH]c2c1. The smallest absolute Gasteiger partial charge is 0.296 e. The van der Waals surface area contributed by atoms with Gasteiger partial charge in [-0.05, 0) is 43.7 Å². The first kappa shape index (κ1) is 26.9. The molecule has 0 aliphatic heterocycles. The second kappa shape index (κ2) is 12.0. The summed E-state index contributed by atoms with van der Waals surface area (Å²) >= 11 is 0. The fraction of sp³-hybridized carbons (Fsp3) is 0.552. The van der Waals surface area contributed by atoms with Gasteiger partial charge in [0.25, 0.3) is 11.7 Å². The van der Waals surface area contributed by atoms with Crippen molar-refractivity contribution in [3.05, 3.63) is 41.7 Å². The summed E-state index contributed by atoms with van der Waals surface area (Å²) in [6.45, 7) is 1.56. The summed E-state index contributed by atoms with van der Waals surface area (Å²) in [5.41, 5.74) is 0.933. The molecule has 1 atom stereocenters. The molecule has 2 aromatic heterocycles. The minimum Gasteiger partial charge on any atom is -0.497 e. The number of carbonyl (C=O) groups excluding carboxylic acids is 3. The molecule has 10 nitrogen and oxygen atoms in total. The molecule has 2 saturated carbocycles. The average Bonchev–Trinajstić information content (AvgIpc) is 3.58. The quantitative estimate of drug-likeness (QED) is 0.305. The van der Waals surface area contributed by atoms with Crippen molar-refractivity contribution in [2.75, 3.05) is 7.11 Å². The Morgan fingerprint density at radius 3 is 2.46 bits per heavy atom. The van der Waals surface area contributed by atoms with E-state index in [4.69, 9.17) is 9.15 Å². The molecule has 0 radical (unpaired) electrons. The first-order chi connectivity index (χ1) is 18.9. The Morgan fingerprint density at radius 1 is 1.08 bits per heavy atom. The number of hydrogen-bond donors (Lipinski definition) is 2. The lowest BCUT2D eigenvalue weighted by molar-refractivity contribution is -0.141. The van der Waals surface area contributed by atoms with Gasteiger partial charge in [-0.3, -0.25) is 14.4 Å². The molecule has 208 valence electrons. The third kappa shape index (κ3) is 5.99. The van der Waals surface area contributed by atoms with Gasteiger partial charge < -0.3 is 24.4 Å². The van der Waals surface area contributed by atoms with Crippen LogP contribution < -0.4 is 10.1 Å². The number of methoxy groups -OCH3 is 1. The van der Waals surface area contributed by atoms with Gasteiger partial charge in [0.2, 0.25) is 17.7 Å². The van der Waals surface area contributed by atoms with Crippen LogP contribution in [-0.2, 0) is 16.1 Å². The number of benzene rings is 1. The van der Waals surface area contributed by atoms with Crippen LogP contribution in [0.25, 0.3) is 10.9 Å². The first-order valence-electron chi connectivity index (χ1n) is 14.0. The number of H-pyrrole nitrogens is 1. The molecule has 2 heterocycles. The monoisotopic (exact) mass is 535 g/mol. The molecule has 1 aromatic carbocycles. The number of amides is 2. The highest BCUT2D eigenvalue weighted by atomic mass is 16.5. The molecule has 3 aromatic rings. The van der Waals surface area contributed by atoms with Gasteiger partial charge in [-0.2, -0.15) is 0 Å². The Bertz CT molecular complexity index is 1320. The minimum absolute atomic E-state index is 0.0599. The van der Waals surface area contributed by atoms with Crippen LogP contribution in [0.15, 0.2) is 28.8 Å². The normalized spacial score (nSPS) is 17.6. The van der Waals surface area contributed by atoms with Crippen LogP contribution in [0.2, 0.25) is 0 Å². The maximum absolute atomic E-state index is 14.1. The van der Waals surface area contributed by atoms with Crippen LogP contribution in [0.3, 0.4) is 0 Å². The van der Waals surface area contributed by atoms with Crippen LogP contribution in [0.4, 0.5) is 0 Å². The molecule has 2 fully saturated rings. The first-order valence-corrected chi connectivity index (χ1v) is 14.0. The molecule has 2 aliphatic carbocycles. The van der Waals surface area contributed by atoms with E-state index in [0.29, 0.717) is 22.5 Å². The highest BCUT2D eigenvalue weighted by molar-refractivity contribution is 6.45. The molecule has 2 amide bonds. The fourth-order valence-electron chi connectivity index (χ4n) is 6.10. The summed E-state index contributed by atoms with van der Waals surface area (Å²) in [7, 11) is 1.57. The standard InChI is InChI=1S/C29H37N5O5/c1-18-32-33-25(39-18)17-34(29(37)27(35)23-16-30-24-15-21(38-2)13-14-22(23)24)26(19-9-5-3-6-10-19)28(36)31-20-11-7-4-8-12-20/h13-16,19-20,26,30H,3-12,17H2,1-2H3,(H,31,36)/t26-/m1/s1. The van der Waals surface area contributed by atoms with Gasteiger partial charge in [-0.1, -0.05) is 38.5 Å². The van der Waals surface area contributed by atoms with Crippen LogP contribution >= 0.6 is 0 Å². The Balaban J connectivity index is 1.49. The third-order valence-corrected chi connectivity index (χ3v) is 8.11. The number of rotatable bonds is 9. The van der Waals surface area contributed by atoms with Crippen molar-refractivity contribution in [1.29, 1.82) is 0 Å². The number of Topliss-reactive ketones (excluding diaryl/α,β-unsaturated/α-hetero) is 1. The Morgan fingerprint density at radius 2 is 1.79 bits per heavy atom. The number of nitrogens with zero attached hydrogens (tertiary/aromatic N) is 3. The predicted octanol–water partition coefficient (Wildman–Crippen LogP) is 4.48. The van der Waals surface area contributed by atoms with Crippen LogP contribution in [0, 0.1) is 12.8 Å². The minimum atomic E-state index is -0.804. The molecule has 0 bridgehead atoms. The van der Waals surface area contributed by atoms with Gasteiger partial charge in [0.1, 0.15) is 18.3 Å². The van der Waals surface area contributed by atoms with E-state index >= 15 is 0 Å². The zero-order valence-electron chi connectivity index (χ0n) is 22.7. The molecule has 0 unspecified atom stereocenters. The lowest BCUT2D eigenvalue weighted by Crippen LogP contribution is -2.56. The number of aryl methyl sites for hydroxylation is 1. The van der Waals surface area contributed by atoms with Crippen molar-refractivity contribution in [2.45, 2.75) is 89.8 Å². The largest absolute Gasteiger partial charge is 0.497 e. The summed E-state index contributed by atoms with van der Waals surface area (Å²) in [6, 6.07) is 4.56. The number of carbonyl (C=O) groups is 3. The molecule has 39 heavy (non-hydrogen) atoms. The lowest BCUT2D eigenvalue weighted by Gasteiger charge is -2.38. The molecular formula is C29H37N5O5. The second-order valence-corrected chi connectivity index (χ2v) is 10.8. The number of nitrogens with one attached hydrogen (secondary N) is 2. The van der Waals surface area contributed by atoms with Crippen LogP contribution in [0.5, 0.6) is 5.75 Å². The van der Waals surface area contributed by atoms with E-state index in [0.717, 1.165) is 57.8 Å². The molecule has 0 saturated heterocycles. The fourth-order valence-corrected chi connectivity index (χ4v) is 6.10. The molecule has 10 heteroatoms. The van der Waals surface area contributed by atoms with Gasteiger partial charge in [-0.25, -0.2) is 0 Å². The van der Waals surface area contributed by atoms with Gasteiger partial charge >= 0.3 is 0 Å². The summed E-state index contributed by atoms with van der Waals surface area (Å²) < 4.78 is 10.9. The van der Waals surface area contributed by atoms with Crippen molar-refractivity contribution in [3.63, 3.8) is 0 Å². The zero-order valence-corrected chi connectivity index (χ0v) is 22.7. The van der Waals surface area contributed by atoms with Gasteiger partial charge in [0.05, 0.1) is 12.7 Å². The molecule has 5 rings (SSSR count). The molecule has 2 N–H and O–H groups in total. The van der Waals surface area contributed by atoms with Crippen molar-refractivity contribution in [1.82, 2.24) is 25.4 Å². The van der Waals surface area contributed by atoms with Gasteiger partial charge in [0.15, 0.2) is 0 Å². The summed E-state index contributed by atoms with van der Waals surface area (Å²) in [6.07, 6.45) is 11.4. The predicted molar refractivity (Wildman–Crippen MR) is 144 cm³/mol. The van der Waals surface area contributed by atoms with E-state index in [1.807, 2.05) is 0 Å². The number of fused-ring (bicyclic) bond motifs is 1. The van der Waals surface area contributed by atoms with Gasteiger partial charge in [0, 0.05) is 36.1 Å². The van der Waals surface area contributed by atoms with Crippen LogP contribution in [-0.4, -0.2) is 56.9 Å². The topological polar surface area (TPSA) is 130 Å². The maximum atomic E-state index is 14.1. The van der Waals surface area contributed by atoms with Gasteiger partial charge in [-0.15, -0.1) is 10.2 Å². The third-order valence-electron chi connectivity index (χ3n) is 8.11. The number of ether oxygens (including phenoxy) is 1. The average molecular weight is 536 g/mol. The van der Waals surface area contributed by atoms with E-state index in [1.54, 1.807) is 32.2 Å². The number of aromatic nitrogens is 3. The van der Waals surface area contributed by atoms with E-state index in [9.17, 15) is 14.4 Å². The molecule has 0 spiro atoms. The maximum Gasteiger partial charge on any atom is 0.296 e. The van der Waals surface area contributed by atoms with E-state index in [1.165, 1.54) is 17.5 Å². The van der Waals surface area contributed by atoms with Crippen molar-refractivity contribution in [2.24, 2.45) is 5.92 Å². The molecular weight excluding hydrogens is 498 g/mol. The zero-order chi connectivity index (χ0) is 27.4. The summed E-state index contributed by atoms with van der Waals surface area (Å²) in [5, 5.41) is 11.8. The van der Waals surface area contributed by atoms with E-state index in [2.05, 4.69) is 20.5 Å². The Labute approximate surface area is 227 Å². The van der Waals surface area contributed by atoms with Crippen LogP contribution in [0.1, 0.15) is 86.3 Å². The number of ketones is 1. The number of hydrogen-bond acceptors (Lipinski definition) is 7. The molecule has 2 aliphatic rings. The number of aromatic amines is 1.